The second-order valence-corrected chi connectivity index (χ2v) is 2.49. The van der Waals surface area contributed by atoms with E-state index >= 15 is 0 Å². The molecule has 54 valence electrons. The second-order valence-electron chi connectivity index (χ2n) is 2.49. The van der Waals surface area contributed by atoms with E-state index in [0.29, 0.717) is 0 Å². The standard InChI is InChI=1S/C10H14/c1-2-4-6-8-10-9-7-5-3-1/h1-4,7,9H,5-6,8,10H2/b3-1-,4-2-,9-7-. The van der Waals surface area contributed by atoms with E-state index in [-0.39, 0.29) is 0 Å². The van der Waals surface area contributed by atoms with Crippen molar-refractivity contribution in [2.75, 3.05) is 0 Å². The van der Waals surface area contributed by atoms with Crippen molar-refractivity contribution in [3.05, 3.63) is 36.5 Å². The van der Waals surface area contributed by atoms with Crippen LogP contribution in [0.5, 0.6) is 0 Å². The van der Waals surface area contributed by atoms with E-state index in [1.807, 2.05) is 0 Å². The van der Waals surface area contributed by atoms with Gasteiger partial charge in [-0.05, 0) is 25.7 Å². The molecule has 0 saturated heterocycles. The van der Waals surface area contributed by atoms with E-state index in [9.17, 15) is 0 Å². The summed E-state index contributed by atoms with van der Waals surface area (Å²) in [7, 11) is 0. The molecule has 0 atom stereocenters. The maximum absolute atomic E-state index is 2.27. The second kappa shape index (κ2) is 5.04. The first-order valence-electron chi connectivity index (χ1n) is 3.97. The molecule has 0 radical (unpaired) electrons. The van der Waals surface area contributed by atoms with Crippen LogP contribution in [0, 0.1) is 0 Å². The van der Waals surface area contributed by atoms with Gasteiger partial charge in [-0.25, -0.2) is 0 Å². The minimum atomic E-state index is 1.09. The van der Waals surface area contributed by atoms with E-state index in [1.165, 1.54) is 19.3 Å². The zero-order chi connectivity index (χ0) is 7.07. The van der Waals surface area contributed by atoms with Crippen LogP contribution in [0.25, 0.3) is 0 Å². The molecule has 0 bridgehead atoms. The monoisotopic (exact) mass is 134 g/mol. The van der Waals surface area contributed by atoms with Crippen molar-refractivity contribution in [1.82, 2.24) is 0 Å². The Balaban J connectivity index is 2.38. The maximum Gasteiger partial charge on any atom is -0.0166 e. The Hall–Kier alpha value is -0.780. The van der Waals surface area contributed by atoms with Crippen LogP contribution in [0.2, 0.25) is 0 Å². The minimum absolute atomic E-state index is 1.09. The zero-order valence-electron chi connectivity index (χ0n) is 6.29. The summed E-state index contributed by atoms with van der Waals surface area (Å²) in [4.78, 5) is 0. The lowest BCUT2D eigenvalue weighted by atomic mass is 10.2. The van der Waals surface area contributed by atoms with Crippen LogP contribution >= 0.6 is 0 Å². The van der Waals surface area contributed by atoms with Crippen molar-refractivity contribution in [3.63, 3.8) is 0 Å². The van der Waals surface area contributed by atoms with Gasteiger partial charge in [0.15, 0.2) is 0 Å². The van der Waals surface area contributed by atoms with E-state index in [0.717, 1.165) is 6.42 Å². The lowest BCUT2D eigenvalue weighted by Gasteiger charge is -1.91. The third kappa shape index (κ3) is 3.29. The van der Waals surface area contributed by atoms with Crippen LogP contribution in [-0.4, -0.2) is 0 Å². The third-order valence-corrected chi connectivity index (χ3v) is 1.56. The molecule has 0 aromatic carbocycles. The van der Waals surface area contributed by atoms with Crippen LogP contribution in [0.4, 0.5) is 0 Å². The number of rotatable bonds is 0. The van der Waals surface area contributed by atoms with E-state index in [4.69, 9.17) is 0 Å². The van der Waals surface area contributed by atoms with E-state index in [1.54, 1.807) is 0 Å². The average Bonchev–Trinajstić information content (AvgIpc) is 2.01. The van der Waals surface area contributed by atoms with Gasteiger partial charge in [-0.15, -0.1) is 0 Å². The smallest absolute Gasteiger partial charge is 0.0166 e. The highest BCUT2D eigenvalue weighted by Crippen LogP contribution is 2.01. The Morgan fingerprint density at radius 2 is 1.50 bits per heavy atom. The Bertz CT molecular complexity index is 149. The van der Waals surface area contributed by atoms with Crippen LogP contribution in [0.15, 0.2) is 36.5 Å². The maximum atomic E-state index is 2.27. The van der Waals surface area contributed by atoms with Gasteiger partial charge < -0.3 is 0 Å². The van der Waals surface area contributed by atoms with Crippen molar-refractivity contribution in [3.8, 4) is 0 Å². The van der Waals surface area contributed by atoms with Gasteiger partial charge in [-0.3, -0.25) is 0 Å². The third-order valence-electron chi connectivity index (χ3n) is 1.56. The molecule has 10 heavy (non-hydrogen) atoms. The lowest BCUT2D eigenvalue weighted by molar-refractivity contribution is 0.865. The van der Waals surface area contributed by atoms with Gasteiger partial charge in [-0.2, -0.15) is 0 Å². The highest BCUT2D eigenvalue weighted by molar-refractivity contribution is 5.05. The highest BCUT2D eigenvalue weighted by Gasteiger charge is 1.80. The lowest BCUT2D eigenvalue weighted by Crippen LogP contribution is -1.70. The van der Waals surface area contributed by atoms with Crippen molar-refractivity contribution in [2.45, 2.75) is 25.7 Å². The minimum Gasteiger partial charge on any atom is -0.0882 e. The van der Waals surface area contributed by atoms with Gasteiger partial charge in [0.05, 0.1) is 0 Å². The van der Waals surface area contributed by atoms with Crippen LogP contribution in [-0.2, 0) is 0 Å². The van der Waals surface area contributed by atoms with Gasteiger partial charge >= 0.3 is 0 Å². The molecule has 1 aliphatic rings. The van der Waals surface area contributed by atoms with Crippen LogP contribution in [0.3, 0.4) is 0 Å². The molecule has 0 aliphatic heterocycles. The first kappa shape index (κ1) is 7.33. The average molecular weight is 134 g/mol. The number of hydrogen-bond donors (Lipinski definition) is 0. The zero-order valence-corrected chi connectivity index (χ0v) is 6.29. The molecular weight excluding hydrogens is 120 g/mol. The summed E-state index contributed by atoms with van der Waals surface area (Å²) in [6, 6.07) is 0. The van der Waals surface area contributed by atoms with Gasteiger partial charge in [0.25, 0.3) is 0 Å². The molecule has 1 aliphatic carbocycles. The number of hydrogen-bond acceptors (Lipinski definition) is 0. The van der Waals surface area contributed by atoms with E-state index in [2.05, 4.69) is 36.5 Å². The van der Waals surface area contributed by atoms with Gasteiger partial charge in [0.2, 0.25) is 0 Å². The van der Waals surface area contributed by atoms with E-state index < -0.39 is 0 Å². The Kier molecular flexibility index (Phi) is 3.69. The summed E-state index contributed by atoms with van der Waals surface area (Å²) in [6.07, 6.45) is 18.0. The summed E-state index contributed by atoms with van der Waals surface area (Å²) >= 11 is 0. The first-order chi connectivity index (χ1) is 5.00. The molecule has 0 N–H and O–H groups in total. The predicted octanol–water partition coefficient (Wildman–Crippen LogP) is 3.23. The summed E-state index contributed by atoms with van der Waals surface area (Å²) < 4.78 is 0. The van der Waals surface area contributed by atoms with Gasteiger partial charge in [0, 0.05) is 0 Å². The molecular formula is C10H14. The summed E-state index contributed by atoms with van der Waals surface area (Å²) in [6.45, 7) is 0. The van der Waals surface area contributed by atoms with Gasteiger partial charge in [0.1, 0.15) is 0 Å². The summed E-state index contributed by atoms with van der Waals surface area (Å²) in [5.74, 6) is 0. The topological polar surface area (TPSA) is 0 Å². The molecule has 0 fully saturated rings. The fourth-order valence-corrected chi connectivity index (χ4v) is 0.978. The Morgan fingerprint density at radius 1 is 0.700 bits per heavy atom. The van der Waals surface area contributed by atoms with Crippen LogP contribution in [0.1, 0.15) is 25.7 Å². The summed E-state index contributed by atoms with van der Waals surface area (Å²) in [5, 5.41) is 0. The van der Waals surface area contributed by atoms with Crippen LogP contribution < -0.4 is 0 Å². The molecule has 0 aromatic heterocycles. The normalized spacial score (nSPS) is 28.8. The highest BCUT2D eigenvalue weighted by atomic mass is 13.9. The molecule has 0 heterocycles. The van der Waals surface area contributed by atoms with Crippen molar-refractivity contribution < 1.29 is 0 Å². The Morgan fingerprint density at radius 3 is 2.50 bits per heavy atom. The molecule has 0 spiro atoms. The largest absolute Gasteiger partial charge is 0.0882 e. The molecule has 0 amide bonds. The molecule has 1 rings (SSSR count). The molecule has 0 heteroatoms. The fraction of sp³-hybridized carbons (Fsp3) is 0.400. The first-order valence-corrected chi connectivity index (χ1v) is 3.97. The van der Waals surface area contributed by atoms with Gasteiger partial charge in [-0.1, -0.05) is 36.5 Å². The summed E-state index contributed by atoms with van der Waals surface area (Å²) in [5.41, 5.74) is 0. The molecule has 0 unspecified atom stereocenters. The predicted molar refractivity (Wildman–Crippen MR) is 45.9 cm³/mol. The fourth-order valence-electron chi connectivity index (χ4n) is 0.978. The molecule has 0 nitrogen and oxygen atoms in total. The number of allylic oxidation sites excluding steroid dienone is 6. The van der Waals surface area contributed by atoms with Crippen molar-refractivity contribution in [2.24, 2.45) is 0 Å². The quantitative estimate of drug-likeness (QED) is 0.446. The molecule has 0 aromatic rings. The van der Waals surface area contributed by atoms with Crippen molar-refractivity contribution >= 4 is 0 Å². The Labute approximate surface area is 62.9 Å². The molecule has 0 saturated carbocycles. The van der Waals surface area contributed by atoms with Crippen molar-refractivity contribution in [1.29, 1.82) is 0 Å². The SMILES string of the molecule is C1=C\C/C=C\CCC\C=C/1.